The van der Waals surface area contributed by atoms with Crippen molar-refractivity contribution in [2.24, 2.45) is 29.6 Å². The maximum atomic E-state index is 12.1. The summed E-state index contributed by atoms with van der Waals surface area (Å²) < 4.78 is 10.0. The Hall–Kier alpha value is -2.10. The molecule has 0 aromatic carbocycles. The Balaban J connectivity index is 1.82. The third-order valence-corrected chi connectivity index (χ3v) is 7.14. The predicted octanol–water partition coefficient (Wildman–Crippen LogP) is 4.20. The summed E-state index contributed by atoms with van der Waals surface area (Å²) in [4.78, 5) is 23.9. The lowest BCUT2D eigenvalue weighted by Gasteiger charge is -2.19. The first-order valence-corrected chi connectivity index (χ1v) is 12.6. The van der Waals surface area contributed by atoms with Crippen molar-refractivity contribution < 1.29 is 29.3 Å². The quantitative estimate of drug-likeness (QED) is 0.202. The molecule has 0 heterocycles. The maximum absolute atomic E-state index is 12.1. The van der Waals surface area contributed by atoms with Crippen molar-refractivity contribution in [1.29, 1.82) is 0 Å². The Labute approximate surface area is 204 Å². The topological polar surface area (TPSA) is 93.1 Å². The summed E-state index contributed by atoms with van der Waals surface area (Å²) in [7, 11) is 1.29. The summed E-state index contributed by atoms with van der Waals surface area (Å²) >= 11 is 0. The van der Waals surface area contributed by atoms with E-state index in [2.05, 4.69) is 17.9 Å². The number of allylic oxidation sites excluding steroid dienone is 2. The van der Waals surface area contributed by atoms with E-state index in [1.54, 1.807) is 6.92 Å². The lowest BCUT2D eigenvalue weighted by molar-refractivity contribution is -0.169. The van der Waals surface area contributed by atoms with E-state index < -0.39 is 18.2 Å². The number of aliphatic hydroxyl groups excluding tert-OH is 2. The average molecular weight is 475 g/mol. The molecule has 2 aliphatic rings. The fourth-order valence-corrected chi connectivity index (χ4v) is 5.08. The number of fused-ring (bicyclic) bond motifs is 1. The monoisotopic (exact) mass is 474 g/mol. The summed E-state index contributed by atoms with van der Waals surface area (Å²) in [5, 5.41) is 20.9. The molecule has 0 bridgehead atoms. The normalized spacial score (nSPS) is 27.8. The summed E-state index contributed by atoms with van der Waals surface area (Å²) in [6.45, 7) is 7.42. The van der Waals surface area contributed by atoms with Crippen LogP contribution in [0.4, 0.5) is 0 Å². The molecule has 0 aromatic rings. The number of aliphatic hydroxyl groups is 2. The van der Waals surface area contributed by atoms with Crippen molar-refractivity contribution in [1.82, 2.24) is 0 Å². The van der Waals surface area contributed by atoms with Gasteiger partial charge in [-0.25, -0.2) is 4.79 Å². The SMILES string of the molecule is CC#CCC(C)[C@H](O)C=C[C@@H]1[C@H]2CC(=CCCCC(=O)OC(C(=O)OC)C(C)C)C[C@H]2C[C@H]1O. The van der Waals surface area contributed by atoms with Crippen molar-refractivity contribution >= 4 is 11.9 Å². The number of hydrogen-bond donors (Lipinski definition) is 2. The number of carbonyl (C=O) groups is 2. The number of ether oxygens (including phenoxy) is 2. The van der Waals surface area contributed by atoms with Crippen LogP contribution in [-0.2, 0) is 19.1 Å². The lowest BCUT2D eigenvalue weighted by atomic mass is 9.89. The van der Waals surface area contributed by atoms with E-state index in [-0.39, 0.29) is 36.2 Å². The van der Waals surface area contributed by atoms with Gasteiger partial charge in [-0.3, -0.25) is 4.79 Å². The Bertz CT molecular complexity index is 801. The number of methoxy groups -OCH3 is 1. The fourth-order valence-electron chi connectivity index (χ4n) is 5.08. The molecular weight excluding hydrogens is 432 g/mol. The van der Waals surface area contributed by atoms with Gasteiger partial charge in [-0.15, -0.1) is 11.8 Å². The molecule has 6 heteroatoms. The van der Waals surface area contributed by atoms with Gasteiger partial charge in [-0.1, -0.05) is 44.6 Å². The highest BCUT2D eigenvalue weighted by molar-refractivity contribution is 5.79. The maximum Gasteiger partial charge on any atom is 0.347 e. The van der Waals surface area contributed by atoms with Gasteiger partial charge in [0.1, 0.15) is 0 Å². The van der Waals surface area contributed by atoms with Crippen LogP contribution in [0, 0.1) is 41.4 Å². The zero-order valence-electron chi connectivity index (χ0n) is 21.3. The van der Waals surface area contributed by atoms with Crippen molar-refractivity contribution in [3.8, 4) is 11.8 Å². The molecule has 0 radical (unpaired) electrons. The van der Waals surface area contributed by atoms with Gasteiger partial charge >= 0.3 is 11.9 Å². The van der Waals surface area contributed by atoms with Crippen LogP contribution in [0.5, 0.6) is 0 Å². The smallest absolute Gasteiger partial charge is 0.347 e. The third-order valence-electron chi connectivity index (χ3n) is 7.14. The summed E-state index contributed by atoms with van der Waals surface area (Å²) in [5.41, 5.74) is 1.38. The van der Waals surface area contributed by atoms with E-state index in [9.17, 15) is 19.8 Å². The van der Waals surface area contributed by atoms with Gasteiger partial charge < -0.3 is 19.7 Å². The molecular formula is C28H42O6. The molecule has 0 saturated heterocycles. The first kappa shape index (κ1) is 28.1. The second kappa shape index (κ2) is 13.7. The minimum Gasteiger partial charge on any atom is -0.466 e. The van der Waals surface area contributed by atoms with Gasteiger partial charge in [0.2, 0.25) is 6.10 Å². The van der Waals surface area contributed by atoms with Crippen molar-refractivity contribution in [2.45, 2.75) is 91.0 Å². The van der Waals surface area contributed by atoms with Gasteiger partial charge in [0.25, 0.3) is 0 Å². The van der Waals surface area contributed by atoms with E-state index in [1.165, 1.54) is 12.7 Å². The second-order valence-electron chi connectivity index (χ2n) is 10.1. The Morgan fingerprint density at radius 2 is 1.97 bits per heavy atom. The van der Waals surface area contributed by atoms with E-state index in [0.717, 1.165) is 25.7 Å². The molecule has 6 nitrogen and oxygen atoms in total. The largest absolute Gasteiger partial charge is 0.466 e. The van der Waals surface area contributed by atoms with E-state index >= 15 is 0 Å². The van der Waals surface area contributed by atoms with Crippen molar-refractivity contribution in [2.75, 3.05) is 7.11 Å². The number of rotatable bonds is 11. The summed E-state index contributed by atoms with van der Waals surface area (Å²) in [6, 6.07) is 0. The summed E-state index contributed by atoms with van der Waals surface area (Å²) in [6.07, 6.45) is 9.40. The predicted molar refractivity (Wildman–Crippen MR) is 131 cm³/mol. The first-order valence-electron chi connectivity index (χ1n) is 12.6. The molecule has 0 aromatic heterocycles. The van der Waals surface area contributed by atoms with Crippen molar-refractivity contribution in [3.63, 3.8) is 0 Å². The zero-order valence-corrected chi connectivity index (χ0v) is 21.3. The number of unbranched alkanes of at least 4 members (excludes halogenated alkanes) is 1. The molecule has 0 spiro atoms. The minimum absolute atomic E-state index is 0.0622. The van der Waals surface area contributed by atoms with E-state index in [4.69, 9.17) is 9.47 Å². The van der Waals surface area contributed by atoms with Crippen LogP contribution in [-0.4, -0.2) is 47.6 Å². The molecule has 2 unspecified atom stereocenters. The number of esters is 2. The number of carbonyl (C=O) groups excluding carboxylic acids is 2. The van der Waals surface area contributed by atoms with Gasteiger partial charge in [-0.2, -0.15) is 0 Å². The molecule has 2 fully saturated rings. The standard InChI is InChI=1S/C28H42O6/c1-6-7-10-19(4)24(29)14-13-22-23-16-20(15-21(23)17-25(22)30)11-8-9-12-26(31)34-27(18(2)3)28(32)33-5/h11,13-14,18-19,21-25,27,29-30H,8-10,12,15-17H2,1-5H3/t19?,21-,22+,23-,24+,25+,27?/m0/s1. The highest BCUT2D eigenvalue weighted by atomic mass is 16.6. The van der Waals surface area contributed by atoms with Crippen LogP contribution in [0.1, 0.15) is 72.6 Å². The second-order valence-corrected chi connectivity index (χ2v) is 10.1. The highest BCUT2D eigenvalue weighted by Gasteiger charge is 2.45. The fraction of sp³-hybridized carbons (Fsp3) is 0.714. The van der Waals surface area contributed by atoms with Gasteiger partial charge in [0, 0.05) is 24.7 Å². The third kappa shape index (κ3) is 7.99. The molecule has 0 amide bonds. The van der Waals surface area contributed by atoms with Crippen LogP contribution < -0.4 is 0 Å². The molecule has 7 atom stereocenters. The molecule has 0 aliphatic heterocycles. The molecule has 2 N–H and O–H groups in total. The first-order chi connectivity index (χ1) is 16.2. The van der Waals surface area contributed by atoms with E-state index in [1.807, 2.05) is 32.9 Å². The van der Waals surface area contributed by atoms with Crippen LogP contribution in [0.15, 0.2) is 23.8 Å². The molecule has 2 saturated carbocycles. The highest BCUT2D eigenvalue weighted by Crippen LogP contribution is 2.50. The molecule has 2 rings (SSSR count). The van der Waals surface area contributed by atoms with Crippen LogP contribution >= 0.6 is 0 Å². The molecule has 34 heavy (non-hydrogen) atoms. The van der Waals surface area contributed by atoms with Crippen LogP contribution in [0.25, 0.3) is 0 Å². The van der Waals surface area contributed by atoms with E-state index in [0.29, 0.717) is 24.7 Å². The van der Waals surface area contributed by atoms with Gasteiger partial charge in [-0.05, 0) is 56.8 Å². The lowest BCUT2D eigenvalue weighted by Crippen LogP contribution is -2.33. The van der Waals surface area contributed by atoms with Crippen LogP contribution in [0.3, 0.4) is 0 Å². The minimum atomic E-state index is -0.859. The Kier molecular flexibility index (Phi) is 11.3. The number of hydrogen-bond acceptors (Lipinski definition) is 6. The molecule has 2 aliphatic carbocycles. The van der Waals surface area contributed by atoms with Gasteiger partial charge in [0.05, 0.1) is 19.3 Å². The molecule has 190 valence electrons. The Morgan fingerprint density at radius 3 is 2.62 bits per heavy atom. The van der Waals surface area contributed by atoms with Crippen molar-refractivity contribution in [3.05, 3.63) is 23.8 Å². The van der Waals surface area contributed by atoms with Crippen LogP contribution in [0.2, 0.25) is 0 Å². The average Bonchev–Trinajstić information content (AvgIpc) is 3.32. The summed E-state index contributed by atoms with van der Waals surface area (Å²) in [5.74, 6) is 5.83. The Morgan fingerprint density at radius 1 is 1.24 bits per heavy atom. The zero-order chi connectivity index (χ0) is 25.3. The van der Waals surface area contributed by atoms with Gasteiger partial charge in [0.15, 0.2) is 0 Å².